The largest absolute Gasteiger partial charge is 0.497 e. The lowest BCUT2D eigenvalue weighted by Gasteiger charge is -2.09. The van der Waals surface area contributed by atoms with Crippen molar-refractivity contribution in [3.05, 3.63) is 53.1 Å². The molecule has 0 aliphatic carbocycles. The van der Waals surface area contributed by atoms with Crippen molar-refractivity contribution in [2.45, 2.75) is 6.54 Å². The first-order valence-electron chi connectivity index (χ1n) is 8.20. The minimum atomic E-state index is -0.643. The summed E-state index contributed by atoms with van der Waals surface area (Å²) in [5, 5.41) is 2.52. The lowest BCUT2D eigenvalue weighted by atomic mass is 10.1. The van der Waals surface area contributed by atoms with Crippen LogP contribution in [0.2, 0.25) is 0 Å². The number of esters is 1. The molecule has 1 aliphatic rings. The Balaban J connectivity index is 1.81. The third kappa shape index (κ3) is 3.68. The second-order valence-corrected chi connectivity index (χ2v) is 5.74. The normalized spacial score (nSPS) is 15.0. The van der Waals surface area contributed by atoms with Crippen LogP contribution in [0.25, 0.3) is 6.08 Å². The molecule has 1 N–H and O–H groups in total. The molecule has 2 aromatic rings. The Labute approximate surface area is 160 Å². The van der Waals surface area contributed by atoms with Crippen LogP contribution in [0, 0.1) is 0 Å². The standard InChI is InChI=1S/C19H18N2O7/c1-25-12-5-4-11(16(9-12)26-2)8-14-17(22)21(19(24)20-14)10-13-6-7-15(28-13)18(23)27-3/h4-9H,10H2,1-3H3,(H,20,24)/b14-8-. The Morgan fingerprint density at radius 3 is 2.61 bits per heavy atom. The summed E-state index contributed by atoms with van der Waals surface area (Å²) in [6.45, 7) is -0.126. The molecule has 0 spiro atoms. The van der Waals surface area contributed by atoms with Gasteiger partial charge in [0.2, 0.25) is 5.76 Å². The molecule has 0 saturated carbocycles. The highest BCUT2D eigenvalue weighted by Gasteiger charge is 2.34. The Hall–Kier alpha value is -3.75. The van der Waals surface area contributed by atoms with Gasteiger partial charge in [-0.05, 0) is 30.3 Å². The maximum Gasteiger partial charge on any atom is 0.373 e. The molecule has 1 aromatic heterocycles. The first-order chi connectivity index (χ1) is 13.5. The zero-order valence-electron chi connectivity index (χ0n) is 15.5. The van der Waals surface area contributed by atoms with Crippen LogP contribution in [0.15, 0.2) is 40.4 Å². The van der Waals surface area contributed by atoms with E-state index in [1.54, 1.807) is 18.2 Å². The minimum absolute atomic E-state index is 0.0108. The number of benzene rings is 1. The van der Waals surface area contributed by atoms with E-state index in [4.69, 9.17) is 13.9 Å². The number of imide groups is 1. The van der Waals surface area contributed by atoms with Crippen molar-refractivity contribution >= 4 is 24.0 Å². The number of amides is 3. The molecule has 3 amide bonds. The van der Waals surface area contributed by atoms with Crippen LogP contribution in [-0.4, -0.2) is 44.1 Å². The molecule has 0 atom stereocenters. The second kappa shape index (κ2) is 7.87. The van der Waals surface area contributed by atoms with Crippen molar-refractivity contribution in [2.75, 3.05) is 21.3 Å². The van der Waals surface area contributed by atoms with Gasteiger partial charge >= 0.3 is 12.0 Å². The molecule has 9 nitrogen and oxygen atoms in total. The van der Waals surface area contributed by atoms with E-state index in [1.807, 2.05) is 0 Å². The van der Waals surface area contributed by atoms with Crippen LogP contribution >= 0.6 is 0 Å². The highest BCUT2D eigenvalue weighted by atomic mass is 16.5. The molecule has 3 rings (SSSR count). The number of ether oxygens (including phenoxy) is 3. The first kappa shape index (κ1) is 19.0. The average Bonchev–Trinajstić information content (AvgIpc) is 3.28. The van der Waals surface area contributed by atoms with Gasteiger partial charge in [0.1, 0.15) is 23.0 Å². The fourth-order valence-electron chi connectivity index (χ4n) is 2.64. The summed E-state index contributed by atoms with van der Waals surface area (Å²) in [7, 11) is 4.26. The maximum absolute atomic E-state index is 12.6. The highest BCUT2D eigenvalue weighted by Crippen LogP contribution is 2.27. The highest BCUT2D eigenvalue weighted by molar-refractivity contribution is 6.14. The molecular weight excluding hydrogens is 368 g/mol. The van der Waals surface area contributed by atoms with Crippen molar-refractivity contribution in [1.29, 1.82) is 0 Å². The number of urea groups is 1. The lowest BCUT2D eigenvalue weighted by molar-refractivity contribution is -0.123. The Bertz CT molecular complexity index is 961. The molecule has 0 bridgehead atoms. The number of carbonyl (C=O) groups is 3. The SMILES string of the molecule is COC(=O)c1ccc(CN2C(=O)N/C(=C\c3ccc(OC)cc3OC)C2=O)o1. The van der Waals surface area contributed by atoms with Gasteiger partial charge in [-0.1, -0.05) is 0 Å². The van der Waals surface area contributed by atoms with Gasteiger partial charge in [-0.25, -0.2) is 9.59 Å². The van der Waals surface area contributed by atoms with Crippen molar-refractivity contribution in [3.8, 4) is 11.5 Å². The number of rotatable bonds is 6. The number of hydrogen-bond donors (Lipinski definition) is 1. The number of nitrogens with zero attached hydrogens (tertiary/aromatic N) is 1. The number of hydrogen-bond acceptors (Lipinski definition) is 7. The van der Waals surface area contributed by atoms with Crippen molar-refractivity contribution in [2.24, 2.45) is 0 Å². The summed E-state index contributed by atoms with van der Waals surface area (Å²) in [4.78, 5) is 37.3. The summed E-state index contributed by atoms with van der Waals surface area (Å²) in [5.41, 5.74) is 0.688. The average molecular weight is 386 g/mol. The predicted octanol–water partition coefficient (Wildman–Crippen LogP) is 2.18. The molecule has 1 fully saturated rings. The molecule has 146 valence electrons. The van der Waals surface area contributed by atoms with Crippen molar-refractivity contribution in [1.82, 2.24) is 10.2 Å². The minimum Gasteiger partial charge on any atom is -0.497 e. The number of furan rings is 1. The maximum atomic E-state index is 12.6. The fourth-order valence-corrected chi connectivity index (χ4v) is 2.64. The van der Waals surface area contributed by atoms with Crippen molar-refractivity contribution < 1.29 is 33.0 Å². The fraction of sp³-hybridized carbons (Fsp3) is 0.211. The molecule has 0 unspecified atom stereocenters. The molecule has 28 heavy (non-hydrogen) atoms. The van der Waals surface area contributed by atoms with Crippen LogP contribution in [0.1, 0.15) is 21.9 Å². The number of nitrogens with one attached hydrogen (secondary N) is 1. The summed E-state index contributed by atoms with van der Waals surface area (Å²) in [6.07, 6.45) is 1.51. The number of methoxy groups -OCH3 is 3. The summed E-state index contributed by atoms with van der Waals surface area (Å²) in [6, 6.07) is 7.41. The van der Waals surface area contributed by atoms with E-state index >= 15 is 0 Å². The van der Waals surface area contributed by atoms with Crippen LogP contribution < -0.4 is 14.8 Å². The van der Waals surface area contributed by atoms with Gasteiger partial charge in [0, 0.05) is 11.6 Å². The van der Waals surface area contributed by atoms with Crippen LogP contribution in [0.5, 0.6) is 11.5 Å². The molecule has 1 aromatic carbocycles. The topological polar surface area (TPSA) is 107 Å². The first-order valence-corrected chi connectivity index (χ1v) is 8.20. The smallest absolute Gasteiger partial charge is 0.373 e. The summed E-state index contributed by atoms with van der Waals surface area (Å²) in [5.74, 6) is 0.174. The van der Waals surface area contributed by atoms with Crippen LogP contribution in [0.3, 0.4) is 0 Å². The van der Waals surface area contributed by atoms with E-state index in [0.29, 0.717) is 17.1 Å². The third-order valence-corrected chi connectivity index (χ3v) is 4.06. The molecule has 9 heteroatoms. The Morgan fingerprint density at radius 2 is 1.93 bits per heavy atom. The second-order valence-electron chi connectivity index (χ2n) is 5.74. The Kier molecular flexibility index (Phi) is 5.35. The molecule has 0 radical (unpaired) electrons. The van der Waals surface area contributed by atoms with Gasteiger partial charge in [-0.15, -0.1) is 0 Å². The Morgan fingerprint density at radius 1 is 1.14 bits per heavy atom. The van der Waals surface area contributed by atoms with E-state index in [9.17, 15) is 14.4 Å². The molecular formula is C19H18N2O7. The van der Waals surface area contributed by atoms with E-state index in [1.165, 1.54) is 39.5 Å². The lowest BCUT2D eigenvalue weighted by Crippen LogP contribution is -2.30. The molecule has 2 heterocycles. The van der Waals surface area contributed by atoms with E-state index in [2.05, 4.69) is 10.1 Å². The van der Waals surface area contributed by atoms with E-state index < -0.39 is 17.9 Å². The van der Waals surface area contributed by atoms with Gasteiger partial charge in [0.05, 0.1) is 27.9 Å². The number of carbonyl (C=O) groups excluding carboxylic acids is 3. The van der Waals surface area contributed by atoms with Gasteiger partial charge < -0.3 is 23.9 Å². The van der Waals surface area contributed by atoms with Crippen LogP contribution in [0.4, 0.5) is 4.79 Å². The third-order valence-electron chi connectivity index (χ3n) is 4.06. The summed E-state index contributed by atoms with van der Waals surface area (Å²) >= 11 is 0. The van der Waals surface area contributed by atoms with E-state index in [-0.39, 0.29) is 23.8 Å². The molecule has 1 saturated heterocycles. The van der Waals surface area contributed by atoms with Gasteiger partial charge in [0.15, 0.2) is 0 Å². The quantitative estimate of drug-likeness (QED) is 0.461. The van der Waals surface area contributed by atoms with Gasteiger partial charge in [-0.2, -0.15) is 0 Å². The van der Waals surface area contributed by atoms with Gasteiger partial charge in [0.25, 0.3) is 5.91 Å². The van der Waals surface area contributed by atoms with Crippen LogP contribution in [-0.2, 0) is 16.1 Å². The summed E-state index contributed by atoms with van der Waals surface area (Å²) < 4.78 is 20.3. The van der Waals surface area contributed by atoms with E-state index in [0.717, 1.165) is 4.90 Å². The van der Waals surface area contributed by atoms with Gasteiger partial charge in [-0.3, -0.25) is 9.69 Å². The zero-order chi connectivity index (χ0) is 20.3. The monoisotopic (exact) mass is 386 g/mol. The predicted molar refractivity (Wildman–Crippen MR) is 96.7 cm³/mol. The zero-order valence-corrected chi connectivity index (χ0v) is 15.5. The van der Waals surface area contributed by atoms with Crippen molar-refractivity contribution in [3.63, 3.8) is 0 Å². The molecule has 1 aliphatic heterocycles.